The Kier molecular flexibility index (Phi) is 1.50. The van der Waals surface area contributed by atoms with Crippen molar-refractivity contribution in [1.82, 2.24) is 20.6 Å². The van der Waals surface area contributed by atoms with Crippen molar-refractivity contribution < 1.29 is 10.0 Å². The van der Waals surface area contributed by atoms with Crippen LogP contribution in [0.5, 0.6) is 0 Å². The second-order valence-corrected chi connectivity index (χ2v) is 1.50. The molecule has 0 saturated carbocycles. The van der Waals surface area contributed by atoms with Crippen LogP contribution < -0.4 is 11.3 Å². The minimum absolute atomic E-state index is 0.0370. The normalized spacial score (nSPS) is 9.30. The van der Waals surface area contributed by atoms with Gasteiger partial charge in [-0.05, 0) is 5.21 Å². The Balaban J connectivity index is 2.85. The number of nitrogens with zero attached hydrogens (tertiary/aromatic N) is 3. The molecule has 0 aliphatic rings. The Morgan fingerprint density at radius 1 is 1.90 bits per heavy atom. The molecule has 0 aliphatic carbocycles. The molecule has 54 valence electrons. The average Bonchev–Trinajstić information content (AvgIpc) is 2.34. The van der Waals surface area contributed by atoms with Crippen LogP contribution >= 0.6 is 0 Å². The van der Waals surface area contributed by atoms with Crippen LogP contribution in [0.4, 0.5) is 0 Å². The van der Waals surface area contributed by atoms with E-state index in [9.17, 15) is 4.79 Å². The third-order valence-electron chi connectivity index (χ3n) is 0.846. The standard InChI is InChI=1S/C3H5N5O2/c4-5-3(9)2-1-8(10)7-6-2/h1,10H,4H2,(H,5,9). The number of amides is 1. The predicted octanol–water partition coefficient (Wildman–Crippen LogP) is -1.88. The first-order valence-corrected chi connectivity index (χ1v) is 2.36. The molecule has 0 spiro atoms. The topological polar surface area (TPSA) is 106 Å². The van der Waals surface area contributed by atoms with Gasteiger partial charge in [-0.1, -0.05) is 4.85 Å². The van der Waals surface area contributed by atoms with Gasteiger partial charge in [-0.25, -0.2) is 5.84 Å². The van der Waals surface area contributed by atoms with Crippen LogP contribution in [0.25, 0.3) is 0 Å². The third-order valence-corrected chi connectivity index (χ3v) is 0.846. The van der Waals surface area contributed by atoms with Gasteiger partial charge in [-0.2, -0.15) is 0 Å². The van der Waals surface area contributed by atoms with Crippen LogP contribution in [0.2, 0.25) is 0 Å². The molecule has 7 heteroatoms. The number of nitrogens with two attached hydrogens (primary N) is 1. The van der Waals surface area contributed by atoms with Crippen LogP contribution in [0.3, 0.4) is 0 Å². The van der Waals surface area contributed by atoms with Crippen LogP contribution in [0, 0.1) is 0 Å². The maximum Gasteiger partial charge on any atom is 0.287 e. The highest BCUT2D eigenvalue weighted by Gasteiger charge is 2.07. The Hall–Kier alpha value is -1.63. The number of carbonyl (C=O) groups is 1. The first kappa shape index (κ1) is 6.49. The molecule has 0 radical (unpaired) electrons. The summed E-state index contributed by atoms with van der Waals surface area (Å²) in [7, 11) is 0. The minimum Gasteiger partial charge on any atom is -0.410 e. The van der Waals surface area contributed by atoms with Crippen molar-refractivity contribution in [1.29, 1.82) is 0 Å². The van der Waals surface area contributed by atoms with Crippen molar-refractivity contribution >= 4 is 5.91 Å². The fourth-order valence-corrected chi connectivity index (χ4v) is 0.433. The first-order valence-electron chi connectivity index (χ1n) is 2.36. The molecule has 0 saturated heterocycles. The monoisotopic (exact) mass is 143 g/mol. The highest BCUT2D eigenvalue weighted by atomic mass is 16.5. The smallest absolute Gasteiger partial charge is 0.287 e. The van der Waals surface area contributed by atoms with Crippen LogP contribution in [0.1, 0.15) is 10.5 Å². The molecule has 1 aromatic rings. The van der Waals surface area contributed by atoms with Crippen molar-refractivity contribution in [2.24, 2.45) is 5.84 Å². The van der Waals surface area contributed by atoms with E-state index in [0.717, 1.165) is 6.20 Å². The average molecular weight is 143 g/mol. The van der Waals surface area contributed by atoms with E-state index in [-0.39, 0.29) is 5.69 Å². The van der Waals surface area contributed by atoms with Gasteiger partial charge in [0.05, 0.1) is 6.20 Å². The van der Waals surface area contributed by atoms with Gasteiger partial charge in [-0.15, -0.1) is 5.10 Å². The van der Waals surface area contributed by atoms with Crippen molar-refractivity contribution in [3.63, 3.8) is 0 Å². The summed E-state index contributed by atoms with van der Waals surface area (Å²) in [4.78, 5) is 11.0. The summed E-state index contributed by atoms with van der Waals surface area (Å²) in [6, 6.07) is 0. The van der Waals surface area contributed by atoms with Gasteiger partial charge in [-0.3, -0.25) is 10.2 Å². The Morgan fingerprint density at radius 3 is 3.00 bits per heavy atom. The Labute approximate surface area is 55.4 Å². The second-order valence-electron chi connectivity index (χ2n) is 1.50. The molecular weight excluding hydrogens is 138 g/mol. The molecule has 0 bridgehead atoms. The highest BCUT2D eigenvalue weighted by Crippen LogP contribution is 1.87. The lowest BCUT2D eigenvalue weighted by Crippen LogP contribution is -2.30. The maximum absolute atomic E-state index is 10.6. The molecule has 0 atom stereocenters. The van der Waals surface area contributed by atoms with E-state index in [1.54, 1.807) is 0 Å². The lowest BCUT2D eigenvalue weighted by Gasteiger charge is -1.88. The molecular formula is C3H5N5O2. The molecule has 7 nitrogen and oxygen atoms in total. The van der Waals surface area contributed by atoms with Gasteiger partial charge < -0.3 is 5.21 Å². The van der Waals surface area contributed by atoms with E-state index in [0.29, 0.717) is 4.85 Å². The lowest BCUT2D eigenvalue weighted by molar-refractivity contribution is 0.0947. The van der Waals surface area contributed by atoms with Gasteiger partial charge in [0.1, 0.15) is 0 Å². The van der Waals surface area contributed by atoms with Crippen LogP contribution in [-0.4, -0.2) is 26.3 Å². The number of hydrazine groups is 1. The number of nitrogens with one attached hydrogen (secondary N) is 1. The largest absolute Gasteiger partial charge is 0.410 e. The summed E-state index contributed by atoms with van der Waals surface area (Å²) >= 11 is 0. The zero-order chi connectivity index (χ0) is 7.56. The van der Waals surface area contributed by atoms with Crippen molar-refractivity contribution in [3.8, 4) is 0 Å². The van der Waals surface area contributed by atoms with Crippen molar-refractivity contribution in [2.75, 3.05) is 0 Å². The number of rotatable bonds is 1. The molecule has 10 heavy (non-hydrogen) atoms. The maximum atomic E-state index is 10.6. The second kappa shape index (κ2) is 2.31. The van der Waals surface area contributed by atoms with Crippen molar-refractivity contribution in [3.05, 3.63) is 11.9 Å². The van der Waals surface area contributed by atoms with Gasteiger partial charge in [0.2, 0.25) is 0 Å². The first-order chi connectivity index (χ1) is 4.74. The fourth-order valence-electron chi connectivity index (χ4n) is 0.433. The quantitative estimate of drug-likeness (QED) is 0.184. The molecule has 1 rings (SSSR count). The molecule has 4 N–H and O–H groups in total. The highest BCUT2D eigenvalue weighted by molar-refractivity contribution is 5.91. The van der Waals surface area contributed by atoms with Gasteiger partial charge in [0.25, 0.3) is 5.91 Å². The summed E-state index contributed by atoms with van der Waals surface area (Å²) in [5.74, 6) is 4.16. The number of carbonyl (C=O) groups excluding carboxylic acids is 1. The van der Waals surface area contributed by atoms with E-state index in [4.69, 9.17) is 11.0 Å². The van der Waals surface area contributed by atoms with E-state index >= 15 is 0 Å². The van der Waals surface area contributed by atoms with Crippen molar-refractivity contribution in [2.45, 2.75) is 0 Å². The number of nitrogen functional groups attached to an aromatic ring is 1. The molecule has 0 unspecified atom stereocenters. The summed E-state index contributed by atoms with van der Waals surface area (Å²) in [5.41, 5.74) is 1.79. The summed E-state index contributed by atoms with van der Waals surface area (Å²) in [5, 5.41) is 14.9. The Bertz CT molecular complexity index is 243. The Morgan fingerprint density at radius 2 is 2.60 bits per heavy atom. The molecule has 1 amide bonds. The number of hydrogen-bond donors (Lipinski definition) is 3. The number of hydrogen-bond acceptors (Lipinski definition) is 5. The van der Waals surface area contributed by atoms with Gasteiger partial charge in [0, 0.05) is 0 Å². The fraction of sp³-hybridized carbons (Fsp3) is 0. The molecule has 0 aliphatic heterocycles. The molecule has 1 aromatic heterocycles. The van der Waals surface area contributed by atoms with Gasteiger partial charge >= 0.3 is 0 Å². The van der Waals surface area contributed by atoms with E-state index in [2.05, 4.69) is 10.3 Å². The molecule has 0 fully saturated rings. The molecule has 0 aromatic carbocycles. The zero-order valence-electron chi connectivity index (χ0n) is 4.85. The third kappa shape index (κ3) is 1.03. The van der Waals surface area contributed by atoms with E-state index < -0.39 is 5.91 Å². The predicted molar refractivity (Wildman–Crippen MR) is 28.9 cm³/mol. The van der Waals surface area contributed by atoms with Crippen LogP contribution in [-0.2, 0) is 0 Å². The molecule has 1 heterocycles. The minimum atomic E-state index is -0.597. The summed E-state index contributed by atoms with van der Waals surface area (Å²) in [6.45, 7) is 0. The van der Waals surface area contributed by atoms with Crippen LogP contribution in [0.15, 0.2) is 6.20 Å². The van der Waals surface area contributed by atoms with E-state index in [1.165, 1.54) is 0 Å². The summed E-state index contributed by atoms with van der Waals surface area (Å²) < 4.78 is 0. The van der Waals surface area contributed by atoms with E-state index in [1.807, 2.05) is 5.43 Å². The lowest BCUT2D eigenvalue weighted by atomic mass is 10.5. The number of aromatic nitrogens is 3. The SMILES string of the molecule is NNC(=O)c1cn(O)nn1. The van der Waals surface area contributed by atoms with Gasteiger partial charge in [0.15, 0.2) is 5.69 Å². The summed E-state index contributed by atoms with van der Waals surface area (Å²) in [6.07, 6.45) is 1.03. The zero-order valence-corrected chi connectivity index (χ0v) is 4.85.